The molecule has 132 valence electrons. The first kappa shape index (κ1) is 18.4. The second kappa shape index (κ2) is 8.77. The third-order valence-corrected chi connectivity index (χ3v) is 3.84. The molecule has 9 nitrogen and oxygen atoms in total. The lowest BCUT2D eigenvalue weighted by atomic mass is 10.2. The van der Waals surface area contributed by atoms with Crippen LogP contribution in [0.1, 0.15) is 0 Å². The highest BCUT2D eigenvalue weighted by molar-refractivity contribution is 6.06. The van der Waals surface area contributed by atoms with Gasteiger partial charge >= 0.3 is 0 Å². The van der Waals surface area contributed by atoms with Gasteiger partial charge in [0, 0.05) is 56.7 Å². The van der Waals surface area contributed by atoms with Crippen LogP contribution in [0, 0.1) is 21.4 Å². The zero-order chi connectivity index (χ0) is 18.2. The van der Waals surface area contributed by atoms with Crippen LogP contribution in [0.4, 0.5) is 11.4 Å². The van der Waals surface area contributed by atoms with E-state index < -0.39 is 10.8 Å². The summed E-state index contributed by atoms with van der Waals surface area (Å²) < 4.78 is 0. The number of nitro groups is 1. The maximum Gasteiger partial charge on any atom is 0.269 e. The van der Waals surface area contributed by atoms with Gasteiger partial charge in [0.2, 0.25) is 0 Å². The van der Waals surface area contributed by atoms with E-state index in [-0.39, 0.29) is 17.9 Å². The van der Waals surface area contributed by atoms with Gasteiger partial charge < -0.3 is 15.3 Å². The van der Waals surface area contributed by atoms with Gasteiger partial charge in [0.15, 0.2) is 0 Å². The minimum atomic E-state index is -0.561. The molecule has 1 heterocycles. The molecule has 1 aliphatic rings. The van der Waals surface area contributed by atoms with E-state index in [1.54, 1.807) is 0 Å². The van der Waals surface area contributed by atoms with Crippen LogP contribution in [0.25, 0.3) is 0 Å². The minimum Gasteiger partial charge on any atom is -0.395 e. The van der Waals surface area contributed by atoms with Gasteiger partial charge in [0.1, 0.15) is 11.6 Å². The standard InChI is InChI=1S/C16H19N5O4/c17-11-13(12-20-7-5-19(6-8-20)9-10-22)16(23)18-14-1-3-15(4-2-14)21(24)25/h1-4,12,22H,5-10H2,(H,18,23)/b13-12-. The van der Waals surface area contributed by atoms with E-state index in [1.165, 1.54) is 30.5 Å². The fourth-order valence-corrected chi connectivity index (χ4v) is 2.44. The van der Waals surface area contributed by atoms with E-state index in [1.807, 2.05) is 11.0 Å². The number of amides is 1. The summed E-state index contributed by atoms with van der Waals surface area (Å²) in [5.74, 6) is -0.561. The largest absolute Gasteiger partial charge is 0.395 e. The number of carbonyl (C=O) groups excluding carboxylic acids is 1. The topological polar surface area (TPSA) is 123 Å². The molecule has 1 fully saturated rings. The number of anilines is 1. The molecule has 0 aliphatic carbocycles. The molecule has 2 rings (SSSR count). The Hall–Kier alpha value is -2.96. The first-order valence-corrected chi connectivity index (χ1v) is 7.78. The zero-order valence-corrected chi connectivity index (χ0v) is 13.6. The van der Waals surface area contributed by atoms with Crippen LogP contribution in [0.5, 0.6) is 0 Å². The first-order valence-electron chi connectivity index (χ1n) is 7.78. The van der Waals surface area contributed by atoms with Gasteiger partial charge in [-0.3, -0.25) is 19.8 Å². The van der Waals surface area contributed by atoms with E-state index in [2.05, 4.69) is 10.2 Å². The number of nitrogens with zero attached hydrogens (tertiary/aromatic N) is 4. The number of nitro benzene ring substituents is 1. The van der Waals surface area contributed by atoms with Crippen molar-refractivity contribution in [1.82, 2.24) is 9.80 Å². The molecule has 1 saturated heterocycles. The van der Waals surface area contributed by atoms with Crippen molar-refractivity contribution in [3.63, 3.8) is 0 Å². The molecule has 0 spiro atoms. The molecule has 9 heteroatoms. The van der Waals surface area contributed by atoms with Crippen molar-refractivity contribution >= 4 is 17.3 Å². The molecule has 1 aliphatic heterocycles. The summed E-state index contributed by atoms with van der Waals surface area (Å²) in [4.78, 5) is 26.3. The normalized spacial score (nSPS) is 15.5. The molecular formula is C16H19N5O4. The monoisotopic (exact) mass is 345 g/mol. The average molecular weight is 345 g/mol. The van der Waals surface area contributed by atoms with E-state index in [9.17, 15) is 20.2 Å². The predicted octanol–water partition coefficient (Wildman–Crippen LogP) is 0.551. The number of aliphatic hydroxyl groups is 1. The highest BCUT2D eigenvalue weighted by Crippen LogP contribution is 2.16. The number of carbonyl (C=O) groups is 1. The maximum atomic E-state index is 12.2. The van der Waals surface area contributed by atoms with Gasteiger partial charge in [0.05, 0.1) is 11.5 Å². The first-order chi connectivity index (χ1) is 12.0. The molecular weight excluding hydrogens is 326 g/mol. The molecule has 0 radical (unpaired) electrons. The Morgan fingerprint density at radius 2 is 1.96 bits per heavy atom. The van der Waals surface area contributed by atoms with Crippen LogP contribution >= 0.6 is 0 Å². The van der Waals surface area contributed by atoms with Crippen molar-refractivity contribution in [1.29, 1.82) is 5.26 Å². The molecule has 0 unspecified atom stereocenters. The molecule has 1 aromatic carbocycles. The van der Waals surface area contributed by atoms with Crippen molar-refractivity contribution < 1.29 is 14.8 Å². The fourth-order valence-electron chi connectivity index (χ4n) is 2.44. The summed E-state index contributed by atoms with van der Waals surface area (Å²) in [5, 5.41) is 31.3. The summed E-state index contributed by atoms with van der Waals surface area (Å²) >= 11 is 0. The van der Waals surface area contributed by atoms with Gasteiger partial charge in [0.25, 0.3) is 11.6 Å². The number of hydrogen-bond acceptors (Lipinski definition) is 7. The van der Waals surface area contributed by atoms with Crippen LogP contribution in [0.2, 0.25) is 0 Å². The second-order valence-corrected chi connectivity index (χ2v) is 5.51. The molecule has 0 aromatic heterocycles. The molecule has 0 saturated carbocycles. The van der Waals surface area contributed by atoms with Crippen molar-refractivity contribution in [2.24, 2.45) is 0 Å². The lowest BCUT2D eigenvalue weighted by Gasteiger charge is -2.33. The number of aliphatic hydroxyl groups excluding tert-OH is 1. The van der Waals surface area contributed by atoms with E-state index >= 15 is 0 Å². The van der Waals surface area contributed by atoms with Crippen LogP contribution in [0.3, 0.4) is 0 Å². The number of benzene rings is 1. The number of nitrogens with one attached hydrogen (secondary N) is 1. The van der Waals surface area contributed by atoms with E-state index in [0.717, 1.165) is 13.1 Å². The van der Waals surface area contributed by atoms with Gasteiger partial charge in [-0.25, -0.2) is 0 Å². The molecule has 1 amide bonds. The van der Waals surface area contributed by atoms with E-state index in [0.29, 0.717) is 25.3 Å². The summed E-state index contributed by atoms with van der Waals surface area (Å²) in [5.41, 5.74) is 0.272. The molecule has 0 bridgehead atoms. The van der Waals surface area contributed by atoms with Gasteiger partial charge in [-0.15, -0.1) is 0 Å². The third kappa shape index (κ3) is 5.27. The average Bonchev–Trinajstić information content (AvgIpc) is 2.61. The number of non-ortho nitro benzene ring substituents is 1. The van der Waals surface area contributed by atoms with E-state index in [4.69, 9.17) is 5.11 Å². The minimum absolute atomic E-state index is 0.0334. The SMILES string of the molecule is N#C/C(=C/N1CCN(CCO)CC1)C(=O)Nc1ccc([N+](=O)[O-])cc1. The maximum absolute atomic E-state index is 12.2. The molecule has 1 aromatic rings. The molecule has 2 N–H and O–H groups in total. The van der Waals surface area contributed by atoms with Crippen molar-refractivity contribution in [3.05, 3.63) is 46.2 Å². The number of rotatable bonds is 6. The van der Waals surface area contributed by atoms with Gasteiger partial charge in [-0.2, -0.15) is 5.26 Å². The van der Waals surface area contributed by atoms with Crippen LogP contribution in [-0.2, 0) is 4.79 Å². The predicted molar refractivity (Wildman–Crippen MR) is 90.5 cm³/mol. The number of piperazine rings is 1. The quantitative estimate of drug-likeness (QED) is 0.334. The Balaban J connectivity index is 1.96. The molecule has 0 atom stereocenters. The number of hydrogen-bond donors (Lipinski definition) is 2. The van der Waals surface area contributed by atoms with Crippen molar-refractivity contribution in [2.45, 2.75) is 0 Å². The lowest BCUT2D eigenvalue weighted by molar-refractivity contribution is -0.384. The van der Waals surface area contributed by atoms with Crippen molar-refractivity contribution in [2.75, 3.05) is 44.6 Å². The Bertz CT molecular complexity index is 687. The Morgan fingerprint density at radius 1 is 1.32 bits per heavy atom. The molecule has 25 heavy (non-hydrogen) atoms. The summed E-state index contributed by atoms with van der Waals surface area (Å²) in [6, 6.07) is 7.28. The number of β-amino-alcohol motifs (C(OH)–C–C–N with tert-alkyl or cyclic N) is 1. The lowest BCUT2D eigenvalue weighted by Crippen LogP contribution is -2.45. The van der Waals surface area contributed by atoms with Crippen molar-refractivity contribution in [3.8, 4) is 6.07 Å². The third-order valence-electron chi connectivity index (χ3n) is 3.84. The highest BCUT2D eigenvalue weighted by Gasteiger charge is 2.17. The summed E-state index contributed by atoms with van der Waals surface area (Å²) in [6.45, 7) is 3.55. The van der Waals surface area contributed by atoms with Crippen LogP contribution in [0.15, 0.2) is 36.0 Å². The Labute approximate surface area is 144 Å². The summed E-state index contributed by atoms with van der Waals surface area (Å²) in [7, 11) is 0. The Morgan fingerprint density at radius 3 is 2.48 bits per heavy atom. The second-order valence-electron chi connectivity index (χ2n) is 5.51. The fraction of sp³-hybridized carbons (Fsp3) is 0.375. The highest BCUT2D eigenvalue weighted by atomic mass is 16.6. The van der Waals surface area contributed by atoms with Gasteiger partial charge in [-0.1, -0.05) is 0 Å². The van der Waals surface area contributed by atoms with Crippen LogP contribution < -0.4 is 5.32 Å². The summed E-state index contributed by atoms with van der Waals surface area (Å²) in [6.07, 6.45) is 1.52. The zero-order valence-electron chi connectivity index (χ0n) is 13.6. The number of nitriles is 1. The Kier molecular flexibility index (Phi) is 6.45. The van der Waals surface area contributed by atoms with Gasteiger partial charge in [-0.05, 0) is 12.1 Å². The van der Waals surface area contributed by atoms with Crippen LogP contribution in [-0.4, -0.2) is 65.1 Å². The smallest absolute Gasteiger partial charge is 0.269 e.